The molecule has 0 aliphatic carbocycles. The zero-order valence-electron chi connectivity index (χ0n) is 18.1. The fourth-order valence-corrected chi connectivity index (χ4v) is 4.81. The van der Waals surface area contributed by atoms with Crippen LogP contribution >= 0.6 is 0 Å². The first-order chi connectivity index (χ1) is 15.9. The van der Waals surface area contributed by atoms with Gasteiger partial charge in [0.05, 0.1) is 0 Å². The molecular weight excluding hydrogens is 427 g/mol. The third kappa shape index (κ3) is 4.04. The summed E-state index contributed by atoms with van der Waals surface area (Å²) in [6.07, 6.45) is -0.0952. The van der Waals surface area contributed by atoms with Gasteiger partial charge in [0.1, 0.15) is 11.6 Å². The molecule has 2 aromatic rings. The highest BCUT2D eigenvalue weighted by molar-refractivity contribution is 6.08. The van der Waals surface area contributed by atoms with E-state index in [-0.39, 0.29) is 23.6 Å². The molecule has 2 saturated heterocycles. The van der Waals surface area contributed by atoms with Gasteiger partial charge >= 0.3 is 6.03 Å². The number of ether oxygens (including phenoxy) is 1. The molecule has 0 aromatic heterocycles. The maximum atomic E-state index is 13.9. The van der Waals surface area contributed by atoms with Crippen molar-refractivity contribution in [2.45, 2.75) is 24.5 Å². The SMILES string of the molecule is O=C1NC(=O)C2(CC(C(=O)N3CCN(CCc4ccccc4)CC3)Oc3ccc(F)cc32)N1. The van der Waals surface area contributed by atoms with Crippen molar-refractivity contribution in [2.75, 3.05) is 32.7 Å². The lowest BCUT2D eigenvalue weighted by molar-refractivity contribution is -0.143. The average molecular weight is 452 g/mol. The lowest BCUT2D eigenvalue weighted by Gasteiger charge is -2.40. The molecule has 1 spiro atoms. The molecule has 9 heteroatoms. The number of halogens is 1. The van der Waals surface area contributed by atoms with Gasteiger partial charge in [-0.1, -0.05) is 30.3 Å². The van der Waals surface area contributed by atoms with Crippen molar-refractivity contribution in [2.24, 2.45) is 0 Å². The molecule has 5 rings (SSSR count). The van der Waals surface area contributed by atoms with Crippen LogP contribution in [0.5, 0.6) is 5.75 Å². The van der Waals surface area contributed by atoms with Crippen LogP contribution in [0.2, 0.25) is 0 Å². The van der Waals surface area contributed by atoms with Crippen LogP contribution in [-0.2, 0) is 21.5 Å². The lowest BCUT2D eigenvalue weighted by Crippen LogP contribution is -2.57. The fourth-order valence-electron chi connectivity index (χ4n) is 4.81. The van der Waals surface area contributed by atoms with E-state index >= 15 is 0 Å². The van der Waals surface area contributed by atoms with Crippen LogP contribution in [0.15, 0.2) is 48.5 Å². The molecule has 3 aliphatic heterocycles. The second-order valence-corrected chi connectivity index (χ2v) is 8.67. The number of imide groups is 1. The molecule has 0 bridgehead atoms. The Morgan fingerprint density at radius 1 is 1.09 bits per heavy atom. The Hall–Kier alpha value is -3.46. The molecule has 3 aliphatic rings. The third-order valence-electron chi connectivity index (χ3n) is 6.62. The summed E-state index contributed by atoms with van der Waals surface area (Å²) >= 11 is 0. The van der Waals surface area contributed by atoms with Crippen LogP contribution in [0.4, 0.5) is 9.18 Å². The standard InChI is InChI=1S/C24H25FN4O4/c25-17-6-7-19-18(14-17)24(22(31)26-23(32)27-24)15-20(33-19)21(30)29-12-10-28(11-13-29)9-8-16-4-2-1-3-5-16/h1-7,14,20H,8-13,15H2,(H2,26,27,31,32). The normalized spacial score (nSPS) is 24.8. The summed E-state index contributed by atoms with van der Waals surface area (Å²) in [4.78, 5) is 42.0. The zero-order valence-corrected chi connectivity index (χ0v) is 18.1. The number of fused-ring (bicyclic) bond motifs is 2. The second kappa shape index (κ2) is 8.47. The van der Waals surface area contributed by atoms with Crippen LogP contribution in [0.1, 0.15) is 17.5 Å². The zero-order chi connectivity index (χ0) is 23.0. The Balaban J connectivity index is 1.26. The summed E-state index contributed by atoms with van der Waals surface area (Å²) in [5, 5.41) is 4.82. The average Bonchev–Trinajstić information content (AvgIpc) is 3.11. The van der Waals surface area contributed by atoms with E-state index in [0.717, 1.165) is 26.1 Å². The fraction of sp³-hybridized carbons (Fsp3) is 0.375. The molecule has 2 aromatic carbocycles. The number of nitrogens with one attached hydrogen (secondary N) is 2. The van der Waals surface area contributed by atoms with E-state index in [2.05, 4.69) is 27.7 Å². The van der Waals surface area contributed by atoms with Crippen molar-refractivity contribution in [1.82, 2.24) is 20.4 Å². The van der Waals surface area contributed by atoms with E-state index in [9.17, 15) is 18.8 Å². The highest BCUT2D eigenvalue weighted by Gasteiger charge is 2.55. The van der Waals surface area contributed by atoms with Gasteiger partial charge in [0, 0.05) is 44.7 Å². The van der Waals surface area contributed by atoms with Gasteiger partial charge in [-0.15, -0.1) is 0 Å². The van der Waals surface area contributed by atoms with Gasteiger partial charge in [-0.2, -0.15) is 0 Å². The molecule has 4 amide bonds. The van der Waals surface area contributed by atoms with Gasteiger partial charge in [-0.05, 0) is 30.2 Å². The number of carbonyl (C=O) groups excluding carboxylic acids is 3. The number of piperazine rings is 1. The molecule has 0 saturated carbocycles. The number of hydrogen-bond acceptors (Lipinski definition) is 5. The van der Waals surface area contributed by atoms with Gasteiger partial charge in [0.25, 0.3) is 11.8 Å². The number of urea groups is 1. The summed E-state index contributed by atoms with van der Waals surface area (Å²) in [6, 6.07) is 13.4. The number of rotatable bonds is 4. The molecule has 2 N–H and O–H groups in total. The van der Waals surface area contributed by atoms with Crippen LogP contribution < -0.4 is 15.4 Å². The molecule has 172 valence electrons. The maximum Gasteiger partial charge on any atom is 0.322 e. The molecule has 3 heterocycles. The predicted octanol–water partition coefficient (Wildman–Crippen LogP) is 1.40. The first-order valence-corrected chi connectivity index (χ1v) is 11.1. The molecule has 33 heavy (non-hydrogen) atoms. The van der Waals surface area contributed by atoms with E-state index in [1.807, 2.05) is 18.2 Å². The van der Waals surface area contributed by atoms with Crippen LogP contribution in [-0.4, -0.2) is 66.5 Å². The van der Waals surface area contributed by atoms with E-state index < -0.39 is 29.4 Å². The van der Waals surface area contributed by atoms with Gasteiger partial charge < -0.3 is 15.0 Å². The second-order valence-electron chi connectivity index (χ2n) is 8.67. The quantitative estimate of drug-likeness (QED) is 0.685. The number of hydrogen-bond donors (Lipinski definition) is 2. The van der Waals surface area contributed by atoms with Crippen LogP contribution in [0.25, 0.3) is 0 Å². The molecule has 2 atom stereocenters. The minimum atomic E-state index is -1.52. The Morgan fingerprint density at radius 3 is 2.55 bits per heavy atom. The molecule has 2 unspecified atom stereocenters. The Bertz CT molecular complexity index is 1090. The van der Waals surface area contributed by atoms with Gasteiger partial charge in [-0.25, -0.2) is 9.18 Å². The third-order valence-corrected chi connectivity index (χ3v) is 6.62. The molecule has 8 nitrogen and oxygen atoms in total. The van der Waals surface area contributed by atoms with Crippen LogP contribution in [0.3, 0.4) is 0 Å². The Labute approximate surface area is 190 Å². The summed E-state index contributed by atoms with van der Waals surface area (Å²) in [5.74, 6) is -1.17. The summed E-state index contributed by atoms with van der Waals surface area (Å²) in [7, 11) is 0. The summed E-state index contributed by atoms with van der Waals surface area (Å²) < 4.78 is 19.8. The van der Waals surface area contributed by atoms with E-state index in [1.54, 1.807) is 4.90 Å². The van der Waals surface area contributed by atoms with Crippen molar-refractivity contribution in [3.05, 3.63) is 65.5 Å². The predicted molar refractivity (Wildman–Crippen MR) is 117 cm³/mol. The van der Waals surface area contributed by atoms with Crippen molar-refractivity contribution in [3.8, 4) is 5.75 Å². The molecular formula is C24H25FN4O4. The highest BCUT2D eigenvalue weighted by Crippen LogP contribution is 2.42. The van der Waals surface area contributed by atoms with E-state index in [4.69, 9.17) is 4.74 Å². The van der Waals surface area contributed by atoms with E-state index in [0.29, 0.717) is 13.1 Å². The number of amides is 4. The number of benzene rings is 2. The van der Waals surface area contributed by atoms with Crippen molar-refractivity contribution < 1.29 is 23.5 Å². The Morgan fingerprint density at radius 2 is 1.85 bits per heavy atom. The van der Waals surface area contributed by atoms with Gasteiger partial charge in [0.2, 0.25) is 0 Å². The van der Waals surface area contributed by atoms with Crippen molar-refractivity contribution in [3.63, 3.8) is 0 Å². The lowest BCUT2D eigenvalue weighted by atomic mass is 9.81. The van der Waals surface area contributed by atoms with Crippen molar-refractivity contribution in [1.29, 1.82) is 0 Å². The van der Waals surface area contributed by atoms with Crippen molar-refractivity contribution >= 4 is 17.8 Å². The smallest absolute Gasteiger partial charge is 0.322 e. The minimum Gasteiger partial charge on any atom is -0.480 e. The molecule has 0 radical (unpaired) electrons. The molecule has 2 fully saturated rings. The summed E-state index contributed by atoms with van der Waals surface area (Å²) in [5.41, 5.74) is -0.0190. The largest absolute Gasteiger partial charge is 0.480 e. The van der Waals surface area contributed by atoms with Crippen LogP contribution in [0, 0.1) is 5.82 Å². The minimum absolute atomic E-state index is 0.0892. The first-order valence-electron chi connectivity index (χ1n) is 11.1. The number of nitrogens with zero attached hydrogens (tertiary/aromatic N) is 2. The highest BCUT2D eigenvalue weighted by atomic mass is 19.1. The first kappa shape index (κ1) is 21.4. The summed E-state index contributed by atoms with van der Waals surface area (Å²) in [6.45, 7) is 3.51. The number of carbonyl (C=O) groups is 3. The topological polar surface area (TPSA) is 91.0 Å². The van der Waals surface area contributed by atoms with E-state index in [1.165, 1.54) is 23.8 Å². The Kier molecular flexibility index (Phi) is 5.49. The maximum absolute atomic E-state index is 13.9. The van der Waals surface area contributed by atoms with Gasteiger partial charge in [-0.3, -0.25) is 19.8 Å². The van der Waals surface area contributed by atoms with Gasteiger partial charge in [0.15, 0.2) is 11.6 Å². The monoisotopic (exact) mass is 452 g/mol.